The first-order valence-electron chi connectivity index (χ1n) is 8.62. The largest absolute Gasteiger partial charge is 0.351 e. The summed E-state index contributed by atoms with van der Waals surface area (Å²) in [4.78, 5) is 26.1. The highest BCUT2D eigenvalue weighted by Crippen LogP contribution is 2.10. The number of hydrogen-bond acceptors (Lipinski definition) is 4. The molecule has 0 spiro atoms. The zero-order chi connectivity index (χ0) is 17.9. The van der Waals surface area contributed by atoms with Crippen LogP contribution in [0.4, 0.5) is 5.69 Å². The summed E-state index contributed by atoms with van der Waals surface area (Å²) in [5, 5.41) is 5.71. The number of nitrogens with two attached hydrogens (primary N) is 1. The first-order valence-corrected chi connectivity index (χ1v) is 8.62. The van der Waals surface area contributed by atoms with Crippen LogP contribution in [0.25, 0.3) is 0 Å². The van der Waals surface area contributed by atoms with Gasteiger partial charge < -0.3 is 21.3 Å². The molecule has 0 aliphatic carbocycles. The first-order chi connectivity index (χ1) is 11.5. The molecule has 0 saturated heterocycles. The minimum atomic E-state index is -0.100. The fourth-order valence-corrected chi connectivity index (χ4v) is 2.26. The molecule has 1 aromatic rings. The quantitative estimate of drug-likeness (QED) is 0.609. The van der Waals surface area contributed by atoms with Crippen molar-refractivity contribution in [3.05, 3.63) is 29.8 Å². The van der Waals surface area contributed by atoms with Gasteiger partial charge in [0.25, 0.3) is 5.91 Å². The van der Waals surface area contributed by atoms with Crippen LogP contribution in [-0.2, 0) is 4.79 Å². The Balaban J connectivity index is 2.43. The minimum Gasteiger partial charge on any atom is -0.351 e. The van der Waals surface area contributed by atoms with Crippen molar-refractivity contribution < 1.29 is 9.59 Å². The van der Waals surface area contributed by atoms with Crippen molar-refractivity contribution in [1.82, 2.24) is 10.2 Å². The van der Waals surface area contributed by atoms with Gasteiger partial charge in [0.15, 0.2) is 0 Å². The van der Waals surface area contributed by atoms with Crippen molar-refractivity contribution in [3.8, 4) is 0 Å². The molecule has 6 heteroatoms. The number of likely N-dealkylation sites (N-methyl/N-ethyl adjacent to an activating group) is 1. The maximum absolute atomic E-state index is 12.1. The number of rotatable bonds is 10. The molecule has 1 atom stereocenters. The SMILES string of the molecule is CCN(CC)CCNC(=O)c1ccc(NC(=O)CCC(C)N)cc1. The summed E-state index contributed by atoms with van der Waals surface area (Å²) in [5.41, 5.74) is 6.91. The van der Waals surface area contributed by atoms with Crippen molar-refractivity contribution in [2.75, 3.05) is 31.5 Å². The van der Waals surface area contributed by atoms with Crippen LogP contribution in [0, 0.1) is 0 Å². The Labute approximate surface area is 144 Å². The van der Waals surface area contributed by atoms with Crippen molar-refractivity contribution in [2.24, 2.45) is 5.73 Å². The summed E-state index contributed by atoms with van der Waals surface area (Å²) in [6.45, 7) is 9.50. The van der Waals surface area contributed by atoms with Crippen LogP contribution in [0.2, 0.25) is 0 Å². The van der Waals surface area contributed by atoms with Crippen LogP contribution < -0.4 is 16.4 Å². The summed E-state index contributed by atoms with van der Waals surface area (Å²) in [7, 11) is 0. The maximum atomic E-state index is 12.1. The third-order valence-electron chi connectivity index (χ3n) is 3.87. The topological polar surface area (TPSA) is 87.5 Å². The molecule has 1 unspecified atom stereocenters. The van der Waals surface area contributed by atoms with Gasteiger partial charge in [0.1, 0.15) is 0 Å². The zero-order valence-electron chi connectivity index (χ0n) is 15.0. The van der Waals surface area contributed by atoms with E-state index >= 15 is 0 Å². The first kappa shape index (κ1) is 20.1. The Bertz CT molecular complexity index is 510. The molecule has 24 heavy (non-hydrogen) atoms. The lowest BCUT2D eigenvalue weighted by Gasteiger charge is -2.18. The van der Waals surface area contributed by atoms with Crippen molar-refractivity contribution in [2.45, 2.75) is 39.7 Å². The van der Waals surface area contributed by atoms with Crippen LogP contribution in [0.5, 0.6) is 0 Å². The molecule has 0 radical (unpaired) electrons. The number of benzene rings is 1. The Kier molecular flexibility index (Phi) is 9.04. The smallest absolute Gasteiger partial charge is 0.251 e. The molecule has 1 rings (SSSR count). The fourth-order valence-electron chi connectivity index (χ4n) is 2.26. The summed E-state index contributed by atoms with van der Waals surface area (Å²) in [6.07, 6.45) is 1.05. The summed E-state index contributed by atoms with van der Waals surface area (Å²) in [5.74, 6) is -0.166. The van der Waals surface area contributed by atoms with E-state index in [1.54, 1.807) is 24.3 Å². The van der Waals surface area contributed by atoms with E-state index in [2.05, 4.69) is 29.4 Å². The van der Waals surface area contributed by atoms with Gasteiger partial charge in [-0.1, -0.05) is 13.8 Å². The third-order valence-corrected chi connectivity index (χ3v) is 3.87. The van der Waals surface area contributed by atoms with E-state index in [9.17, 15) is 9.59 Å². The third kappa shape index (κ3) is 7.57. The second-order valence-corrected chi connectivity index (χ2v) is 5.92. The van der Waals surface area contributed by atoms with Crippen molar-refractivity contribution in [1.29, 1.82) is 0 Å². The Morgan fingerprint density at radius 2 is 1.79 bits per heavy atom. The van der Waals surface area contributed by atoms with Gasteiger partial charge >= 0.3 is 0 Å². The zero-order valence-corrected chi connectivity index (χ0v) is 15.0. The molecule has 0 saturated carbocycles. The van der Waals surface area contributed by atoms with Crippen molar-refractivity contribution >= 4 is 17.5 Å². The van der Waals surface area contributed by atoms with Gasteiger partial charge in [-0.25, -0.2) is 0 Å². The van der Waals surface area contributed by atoms with Crippen LogP contribution in [0.15, 0.2) is 24.3 Å². The number of amides is 2. The van der Waals surface area contributed by atoms with Gasteiger partial charge in [0.05, 0.1) is 0 Å². The minimum absolute atomic E-state index is 0.0122. The molecule has 2 amide bonds. The summed E-state index contributed by atoms with van der Waals surface area (Å²) >= 11 is 0. The summed E-state index contributed by atoms with van der Waals surface area (Å²) in [6, 6.07) is 6.92. The lowest BCUT2D eigenvalue weighted by Crippen LogP contribution is -2.34. The predicted octanol–water partition coefficient (Wildman–Crippen LogP) is 1.82. The molecule has 0 aliphatic heterocycles. The molecule has 1 aromatic carbocycles. The monoisotopic (exact) mass is 334 g/mol. The van der Waals surface area contributed by atoms with Gasteiger partial charge in [-0.3, -0.25) is 9.59 Å². The average Bonchev–Trinajstić information content (AvgIpc) is 2.57. The van der Waals surface area contributed by atoms with Crippen LogP contribution in [0.1, 0.15) is 44.0 Å². The van der Waals surface area contributed by atoms with Gasteiger partial charge in [-0.05, 0) is 50.7 Å². The number of anilines is 1. The van der Waals surface area contributed by atoms with Crippen LogP contribution >= 0.6 is 0 Å². The highest BCUT2D eigenvalue weighted by atomic mass is 16.2. The molecule has 0 fully saturated rings. The van der Waals surface area contributed by atoms with E-state index in [1.165, 1.54) is 0 Å². The molecular formula is C18H30N4O2. The van der Waals surface area contributed by atoms with E-state index < -0.39 is 0 Å². The highest BCUT2D eigenvalue weighted by Gasteiger charge is 2.08. The molecule has 4 N–H and O–H groups in total. The molecule has 0 heterocycles. The van der Waals surface area contributed by atoms with E-state index in [1.807, 2.05) is 6.92 Å². The molecule has 6 nitrogen and oxygen atoms in total. The van der Waals surface area contributed by atoms with E-state index in [-0.39, 0.29) is 17.9 Å². The number of nitrogens with zero attached hydrogens (tertiary/aromatic N) is 1. The lowest BCUT2D eigenvalue weighted by molar-refractivity contribution is -0.116. The van der Waals surface area contributed by atoms with Gasteiger partial charge in [0, 0.05) is 36.8 Å². The molecule has 0 aromatic heterocycles. The Morgan fingerprint density at radius 3 is 2.33 bits per heavy atom. The highest BCUT2D eigenvalue weighted by molar-refractivity contribution is 5.95. The number of hydrogen-bond donors (Lipinski definition) is 3. The van der Waals surface area contributed by atoms with Crippen LogP contribution in [0.3, 0.4) is 0 Å². The maximum Gasteiger partial charge on any atom is 0.251 e. The van der Waals surface area contributed by atoms with Gasteiger partial charge in [-0.2, -0.15) is 0 Å². The van der Waals surface area contributed by atoms with E-state index in [4.69, 9.17) is 5.73 Å². The number of nitrogens with one attached hydrogen (secondary N) is 2. The molecule has 0 aliphatic rings. The number of carbonyl (C=O) groups is 2. The molecule has 134 valence electrons. The standard InChI is InChI=1S/C18H30N4O2/c1-4-22(5-2)13-12-20-18(24)15-7-9-16(10-8-15)21-17(23)11-6-14(3)19/h7-10,14H,4-6,11-13,19H2,1-3H3,(H,20,24)(H,21,23). The molecular weight excluding hydrogens is 304 g/mol. The van der Waals surface area contributed by atoms with E-state index in [0.29, 0.717) is 30.6 Å². The van der Waals surface area contributed by atoms with Gasteiger partial charge in [0.2, 0.25) is 5.91 Å². The Hall–Kier alpha value is -1.92. The average molecular weight is 334 g/mol. The second-order valence-electron chi connectivity index (χ2n) is 5.92. The predicted molar refractivity (Wildman–Crippen MR) is 98.1 cm³/mol. The normalized spacial score (nSPS) is 12.0. The van der Waals surface area contributed by atoms with Crippen LogP contribution in [-0.4, -0.2) is 48.9 Å². The number of carbonyl (C=O) groups excluding carboxylic acids is 2. The second kappa shape index (κ2) is 10.8. The fraction of sp³-hybridized carbons (Fsp3) is 0.556. The van der Waals surface area contributed by atoms with Gasteiger partial charge in [-0.15, -0.1) is 0 Å². The summed E-state index contributed by atoms with van der Waals surface area (Å²) < 4.78 is 0. The van der Waals surface area contributed by atoms with Crippen molar-refractivity contribution in [3.63, 3.8) is 0 Å². The Morgan fingerprint density at radius 1 is 1.17 bits per heavy atom. The lowest BCUT2D eigenvalue weighted by atomic mass is 10.1. The molecule has 0 bridgehead atoms. The van der Waals surface area contributed by atoms with E-state index in [0.717, 1.165) is 19.6 Å².